The molecule has 0 heterocycles. The van der Waals surface area contributed by atoms with Gasteiger partial charge in [-0.1, -0.05) is 53.0 Å². The van der Waals surface area contributed by atoms with E-state index < -0.39 is 0 Å². The van der Waals surface area contributed by atoms with Crippen molar-refractivity contribution in [3.8, 4) is 0 Å². The Labute approximate surface area is 128 Å². The molecule has 0 fully saturated rings. The Balaban J connectivity index is 2.07. The smallest absolute Gasteiger partial charge is 0.0439 e. The van der Waals surface area contributed by atoms with Crippen LogP contribution in [0, 0.1) is 0 Å². The van der Waals surface area contributed by atoms with Gasteiger partial charge in [0.2, 0.25) is 0 Å². The lowest BCUT2D eigenvalue weighted by Crippen LogP contribution is -2.25. The van der Waals surface area contributed by atoms with E-state index in [1.54, 1.807) is 12.1 Å². The average Bonchev–Trinajstić information content (AvgIpc) is 2.37. The molecule has 1 atom stereocenters. The van der Waals surface area contributed by atoms with Crippen LogP contribution in [0.15, 0.2) is 42.5 Å². The SMILES string of the molecule is NC(Cc1ccccc1Cl)Cc1cc(Cl)ccc1Cl. The predicted octanol–water partition coefficient (Wildman–Crippen LogP) is 4.76. The zero-order chi connectivity index (χ0) is 13.8. The third-order valence-corrected chi connectivity index (χ3v) is 3.90. The number of hydrogen-bond donors (Lipinski definition) is 1. The van der Waals surface area contributed by atoms with Gasteiger partial charge in [-0.05, 0) is 48.2 Å². The number of nitrogens with two attached hydrogens (primary N) is 1. The van der Waals surface area contributed by atoms with Gasteiger partial charge >= 0.3 is 0 Å². The van der Waals surface area contributed by atoms with Crippen molar-refractivity contribution in [2.24, 2.45) is 5.73 Å². The number of hydrogen-bond acceptors (Lipinski definition) is 1. The second-order valence-corrected chi connectivity index (χ2v) is 5.75. The van der Waals surface area contributed by atoms with Gasteiger partial charge in [-0.15, -0.1) is 0 Å². The summed E-state index contributed by atoms with van der Waals surface area (Å²) in [6.45, 7) is 0. The molecule has 2 aromatic carbocycles. The van der Waals surface area contributed by atoms with Gasteiger partial charge in [-0.3, -0.25) is 0 Å². The largest absolute Gasteiger partial charge is 0.327 e. The Morgan fingerprint density at radius 3 is 2.21 bits per heavy atom. The van der Waals surface area contributed by atoms with E-state index in [4.69, 9.17) is 40.5 Å². The van der Waals surface area contributed by atoms with Crippen LogP contribution >= 0.6 is 34.8 Å². The summed E-state index contributed by atoms with van der Waals surface area (Å²) in [6.07, 6.45) is 1.38. The minimum atomic E-state index is -0.0455. The summed E-state index contributed by atoms with van der Waals surface area (Å²) >= 11 is 18.2. The lowest BCUT2D eigenvalue weighted by molar-refractivity contribution is 0.665. The highest BCUT2D eigenvalue weighted by Crippen LogP contribution is 2.23. The summed E-state index contributed by atoms with van der Waals surface area (Å²) in [5.74, 6) is 0. The van der Waals surface area contributed by atoms with Crippen LogP contribution in [0.5, 0.6) is 0 Å². The Morgan fingerprint density at radius 1 is 0.842 bits per heavy atom. The fourth-order valence-electron chi connectivity index (χ4n) is 2.00. The minimum absolute atomic E-state index is 0.0455. The van der Waals surface area contributed by atoms with E-state index in [-0.39, 0.29) is 6.04 Å². The maximum absolute atomic E-state index is 6.17. The predicted molar refractivity (Wildman–Crippen MR) is 83.3 cm³/mol. The lowest BCUT2D eigenvalue weighted by atomic mass is 10.00. The van der Waals surface area contributed by atoms with Crippen LogP contribution < -0.4 is 5.73 Å². The molecule has 4 heteroatoms. The van der Waals surface area contributed by atoms with Crippen molar-refractivity contribution in [1.29, 1.82) is 0 Å². The van der Waals surface area contributed by atoms with Crippen molar-refractivity contribution >= 4 is 34.8 Å². The molecule has 1 nitrogen and oxygen atoms in total. The molecule has 0 aliphatic heterocycles. The molecule has 2 aromatic rings. The third-order valence-electron chi connectivity index (χ3n) is 2.93. The van der Waals surface area contributed by atoms with Crippen molar-refractivity contribution in [1.82, 2.24) is 0 Å². The highest BCUT2D eigenvalue weighted by molar-refractivity contribution is 6.33. The van der Waals surface area contributed by atoms with E-state index in [0.29, 0.717) is 22.9 Å². The fraction of sp³-hybridized carbons (Fsp3) is 0.200. The van der Waals surface area contributed by atoms with E-state index >= 15 is 0 Å². The van der Waals surface area contributed by atoms with Gasteiger partial charge in [0.25, 0.3) is 0 Å². The summed E-state index contributed by atoms with van der Waals surface area (Å²) in [5, 5.41) is 2.11. The first-order valence-corrected chi connectivity index (χ1v) is 7.12. The van der Waals surface area contributed by atoms with E-state index in [0.717, 1.165) is 16.1 Å². The molecular weight excluding hydrogens is 301 g/mol. The first kappa shape index (κ1) is 14.7. The summed E-state index contributed by atoms with van der Waals surface area (Å²) in [5.41, 5.74) is 8.18. The standard InChI is InChI=1S/C15H14Cl3N/c16-12-5-6-15(18)11(7-12)9-13(19)8-10-3-1-2-4-14(10)17/h1-7,13H,8-9,19H2. The molecule has 1 unspecified atom stereocenters. The Kier molecular flexibility index (Phi) is 5.12. The van der Waals surface area contributed by atoms with Gasteiger partial charge in [0.05, 0.1) is 0 Å². The molecule has 0 radical (unpaired) electrons. The van der Waals surface area contributed by atoms with Crippen LogP contribution in [0.25, 0.3) is 0 Å². The lowest BCUT2D eigenvalue weighted by Gasteiger charge is -2.14. The monoisotopic (exact) mass is 313 g/mol. The van der Waals surface area contributed by atoms with Crippen molar-refractivity contribution in [3.05, 3.63) is 68.7 Å². The zero-order valence-electron chi connectivity index (χ0n) is 10.2. The van der Waals surface area contributed by atoms with Crippen molar-refractivity contribution in [3.63, 3.8) is 0 Å². The number of rotatable bonds is 4. The Bertz CT molecular complexity index is 569. The third kappa shape index (κ3) is 4.12. The molecule has 19 heavy (non-hydrogen) atoms. The minimum Gasteiger partial charge on any atom is -0.327 e. The van der Waals surface area contributed by atoms with E-state index in [1.165, 1.54) is 0 Å². The summed E-state index contributed by atoms with van der Waals surface area (Å²) in [4.78, 5) is 0. The van der Waals surface area contributed by atoms with Crippen LogP contribution in [0.1, 0.15) is 11.1 Å². The highest BCUT2D eigenvalue weighted by atomic mass is 35.5. The Hall–Kier alpha value is -0.730. The molecule has 0 amide bonds. The molecule has 0 spiro atoms. The molecular formula is C15H14Cl3N. The average molecular weight is 315 g/mol. The topological polar surface area (TPSA) is 26.0 Å². The normalized spacial score (nSPS) is 12.4. The van der Waals surface area contributed by atoms with Gasteiger partial charge in [-0.2, -0.15) is 0 Å². The van der Waals surface area contributed by atoms with Crippen LogP contribution in [-0.2, 0) is 12.8 Å². The summed E-state index contributed by atoms with van der Waals surface area (Å²) in [7, 11) is 0. The Morgan fingerprint density at radius 2 is 1.47 bits per heavy atom. The second kappa shape index (κ2) is 6.62. The first-order valence-electron chi connectivity index (χ1n) is 5.99. The van der Waals surface area contributed by atoms with Crippen LogP contribution in [0.2, 0.25) is 15.1 Å². The van der Waals surface area contributed by atoms with Gasteiger partial charge in [0.1, 0.15) is 0 Å². The second-order valence-electron chi connectivity index (χ2n) is 4.50. The van der Waals surface area contributed by atoms with Gasteiger partial charge in [0, 0.05) is 21.1 Å². The van der Waals surface area contributed by atoms with E-state index in [9.17, 15) is 0 Å². The van der Waals surface area contributed by atoms with E-state index in [1.807, 2.05) is 30.3 Å². The summed E-state index contributed by atoms with van der Waals surface area (Å²) in [6, 6.07) is 13.1. The molecule has 2 rings (SSSR count). The van der Waals surface area contributed by atoms with Crippen molar-refractivity contribution < 1.29 is 0 Å². The molecule has 0 aliphatic rings. The van der Waals surface area contributed by atoms with E-state index in [2.05, 4.69) is 0 Å². The van der Waals surface area contributed by atoms with Crippen molar-refractivity contribution in [2.75, 3.05) is 0 Å². The molecule has 100 valence electrons. The van der Waals surface area contributed by atoms with Gasteiger partial charge < -0.3 is 5.73 Å². The molecule has 0 saturated carbocycles. The van der Waals surface area contributed by atoms with Gasteiger partial charge in [-0.25, -0.2) is 0 Å². The van der Waals surface area contributed by atoms with Crippen LogP contribution in [0.3, 0.4) is 0 Å². The zero-order valence-corrected chi connectivity index (χ0v) is 12.5. The van der Waals surface area contributed by atoms with Crippen LogP contribution in [-0.4, -0.2) is 6.04 Å². The molecule has 0 saturated heterocycles. The highest BCUT2D eigenvalue weighted by Gasteiger charge is 2.10. The summed E-state index contributed by atoms with van der Waals surface area (Å²) < 4.78 is 0. The number of halogens is 3. The quantitative estimate of drug-likeness (QED) is 0.865. The number of benzene rings is 2. The van der Waals surface area contributed by atoms with Crippen LogP contribution in [0.4, 0.5) is 0 Å². The van der Waals surface area contributed by atoms with Gasteiger partial charge in [0.15, 0.2) is 0 Å². The fourth-order valence-corrected chi connectivity index (χ4v) is 2.60. The van der Waals surface area contributed by atoms with Crippen molar-refractivity contribution in [2.45, 2.75) is 18.9 Å². The first-order chi connectivity index (χ1) is 9.06. The molecule has 0 aromatic heterocycles. The maximum Gasteiger partial charge on any atom is 0.0439 e. The molecule has 2 N–H and O–H groups in total. The molecule has 0 bridgehead atoms. The molecule has 0 aliphatic carbocycles. The maximum atomic E-state index is 6.17.